The van der Waals surface area contributed by atoms with E-state index in [1.807, 2.05) is 20.8 Å². The molecular formula is C20H32O6. The summed E-state index contributed by atoms with van der Waals surface area (Å²) in [5.41, 5.74) is -1.54. The first-order valence-corrected chi connectivity index (χ1v) is 9.68. The van der Waals surface area contributed by atoms with Gasteiger partial charge in [-0.25, -0.2) is 4.79 Å². The average molecular weight is 368 g/mol. The molecule has 0 aromatic heterocycles. The topological polar surface area (TPSA) is 107 Å². The molecule has 6 heteroatoms. The van der Waals surface area contributed by atoms with Crippen molar-refractivity contribution in [1.29, 1.82) is 0 Å². The molecule has 26 heavy (non-hydrogen) atoms. The molecule has 3 rings (SSSR count). The Bertz CT molecular complexity index is 603. The molecule has 0 aromatic rings. The third-order valence-electron chi connectivity index (χ3n) is 7.67. The van der Waals surface area contributed by atoms with Gasteiger partial charge in [0.25, 0.3) is 0 Å². The zero-order valence-electron chi connectivity index (χ0n) is 15.9. The largest absolute Gasteiger partial charge is 0.429 e. The fourth-order valence-electron chi connectivity index (χ4n) is 6.25. The van der Waals surface area contributed by atoms with E-state index in [0.717, 1.165) is 19.3 Å². The Morgan fingerprint density at radius 3 is 2.54 bits per heavy atom. The summed E-state index contributed by atoms with van der Waals surface area (Å²) >= 11 is 0. The van der Waals surface area contributed by atoms with Gasteiger partial charge >= 0.3 is 5.97 Å². The Labute approximate surface area is 154 Å². The normalized spacial score (nSPS) is 48.7. The Morgan fingerprint density at radius 2 is 1.96 bits per heavy atom. The molecule has 148 valence electrons. The van der Waals surface area contributed by atoms with Gasteiger partial charge in [0.15, 0.2) is 0 Å². The van der Waals surface area contributed by atoms with Gasteiger partial charge in [0.1, 0.15) is 0 Å². The second kappa shape index (κ2) is 6.59. The quantitative estimate of drug-likeness (QED) is 0.560. The van der Waals surface area contributed by atoms with Crippen molar-refractivity contribution in [2.24, 2.45) is 22.7 Å². The highest BCUT2D eigenvalue weighted by molar-refractivity contribution is 5.85. The van der Waals surface area contributed by atoms with Crippen molar-refractivity contribution >= 4 is 5.97 Å². The molecule has 7 atom stereocenters. The molecule has 6 nitrogen and oxygen atoms in total. The second-order valence-electron chi connectivity index (χ2n) is 9.20. The van der Waals surface area contributed by atoms with Crippen molar-refractivity contribution in [2.75, 3.05) is 6.61 Å². The summed E-state index contributed by atoms with van der Waals surface area (Å²) in [6.45, 7) is 5.98. The van der Waals surface area contributed by atoms with Crippen LogP contribution in [0.1, 0.15) is 59.3 Å². The fraction of sp³-hybridized carbons (Fsp3) is 0.850. The van der Waals surface area contributed by atoms with Crippen LogP contribution in [0.5, 0.6) is 0 Å². The fourth-order valence-corrected chi connectivity index (χ4v) is 6.25. The number of aliphatic hydroxyl groups is 4. The zero-order valence-corrected chi connectivity index (χ0v) is 15.9. The first kappa shape index (κ1) is 19.8. The number of hydrogen-bond acceptors (Lipinski definition) is 6. The first-order chi connectivity index (χ1) is 12.1. The molecule has 1 aliphatic heterocycles. The minimum absolute atomic E-state index is 0.0129. The molecule has 0 saturated heterocycles. The molecule has 2 aliphatic carbocycles. The second-order valence-corrected chi connectivity index (χ2v) is 9.20. The molecule has 0 amide bonds. The minimum atomic E-state index is -1.23. The highest BCUT2D eigenvalue weighted by Crippen LogP contribution is 2.63. The molecule has 0 aromatic carbocycles. The third kappa shape index (κ3) is 2.82. The standard InChI is InChI=1S/C20H32O6/c1-12-9-14(22)16-18(2,11-21)6-4-7-19(16,3)20(12,25)8-5-13-10-15(23)26-17(13)24/h10,12,14,16-17,21-22,24-25H,4-9,11H2,1-3H3/t12-,14-,16+,17+,18-,19-,20-/m1/s1. The zero-order chi connectivity index (χ0) is 19.3. The predicted octanol–water partition coefficient (Wildman–Crippen LogP) is 1.50. The average Bonchev–Trinajstić information content (AvgIpc) is 2.88. The number of ether oxygens (including phenoxy) is 1. The lowest BCUT2D eigenvalue weighted by molar-refractivity contribution is -0.251. The smallest absolute Gasteiger partial charge is 0.333 e. The SMILES string of the molecule is C[C@@H]1C[C@@H](O)[C@H]2[C@@](C)(CO)CCC[C@@]2(C)[C@@]1(O)CCC1=CC(=O)O[C@@H]1O. The highest BCUT2D eigenvalue weighted by atomic mass is 16.6. The summed E-state index contributed by atoms with van der Waals surface area (Å²) in [5.74, 6) is -0.882. The number of cyclic esters (lactones) is 1. The Kier molecular flexibility index (Phi) is 5.02. The Balaban J connectivity index is 1.91. The lowest BCUT2D eigenvalue weighted by Crippen LogP contribution is -2.67. The number of hydrogen-bond donors (Lipinski definition) is 4. The van der Waals surface area contributed by atoms with Crippen LogP contribution < -0.4 is 0 Å². The molecule has 0 radical (unpaired) electrons. The van der Waals surface area contributed by atoms with Crippen LogP contribution >= 0.6 is 0 Å². The van der Waals surface area contributed by atoms with Crippen LogP contribution in [0.3, 0.4) is 0 Å². The molecule has 4 N–H and O–H groups in total. The van der Waals surface area contributed by atoms with Gasteiger partial charge in [0.05, 0.1) is 11.7 Å². The third-order valence-corrected chi connectivity index (χ3v) is 7.67. The van der Waals surface area contributed by atoms with E-state index in [-0.39, 0.29) is 18.4 Å². The predicted molar refractivity (Wildman–Crippen MR) is 94.8 cm³/mol. The maximum absolute atomic E-state index is 11.8. The van der Waals surface area contributed by atoms with E-state index in [1.165, 1.54) is 6.08 Å². The molecule has 2 saturated carbocycles. The first-order valence-electron chi connectivity index (χ1n) is 9.68. The Hall–Kier alpha value is -0.950. The maximum atomic E-state index is 11.8. The number of carbonyl (C=O) groups is 1. The van der Waals surface area contributed by atoms with Crippen LogP contribution in [-0.4, -0.2) is 51.0 Å². The number of rotatable bonds is 4. The van der Waals surface area contributed by atoms with Crippen molar-refractivity contribution in [3.8, 4) is 0 Å². The van der Waals surface area contributed by atoms with Crippen molar-refractivity contribution in [1.82, 2.24) is 0 Å². The number of esters is 1. The maximum Gasteiger partial charge on any atom is 0.333 e. The van der Waals surface area contributed by atoms with Crippen LogP contribution in [0.15, 0.2) is 11.6 Å². The molecule has 0 bridgehead atoms. The summed E-state index contributed by atoms with van der Waals surface area (Å²) < 4.78 is 4.74. The van der Waals surface area contributed by atoms with E-state index in [0.29, 0.717) is 24.8 Å². The van der Waals surface area contributed by atoms with Crippen molar-refractivity contribution in [3.63, 3.8) is 0 Å². The summed E-state index contributed by atoms with van der Waals surface area (Å²) in [4.78, 5) is 11.3. The Morgan fingerprint density at radius 1 is 1.27 bits per heavy atom. The van der Waals surface area contributed by atoms with Crippen molar-refractivity contribution in [2.45, 2.75) is 77.3 Å². The molecular weight excluding hydrogens is 336 g/mol. The van der Waals surface area contributed by atoms with Crippen molar-refractivity contribution < 1.29 is 30.0 Å². The van der Waals surface area contributed by atoms with Gasteiger partial charge in [-0.1, -0.05) is 27.2 Å². The van der Waals surface area contributed by atoms with Gasteiger partial charge < -0.3 is 25.2 Å². The number of aliphatic hydroxyl groups excluding tert-OH is 3. The molecule has 3 aliphatic rings. The van der Waals surface area contributed by atoms with E-state index >= 15 is 0 Å². The van der Waals surface area contributed by atoms with E-state index in [9.17, 15) is 25.2 Å². The van der Waals surface area contributed by atoms with Gasteiger partial charge in [-0.3, -0.25) is 0 Å². The van der Waals surface area contributed by atoms with E-state index < -0.39 is 34.8 Å². The minimum Gasteiger partial charge on any atom is -0.429 e. The summed E-state index contributed by atoms with van der Waals surface area (Å²) in [7, 11) is 0. The summed E-state index contributed by atoms with van der Waals surface area (Å²) in [6, 6.07) is 0. The number of carbonyl (C=O) groups excluding carboxylic acids is 1. The van der Waals surface area contributed by atoms with Crippen LogP contribution in [0, 0.1) is 22.7 Å². The van der Waals surface area contributed by atoms with Crippen LogP contribution in [-0.2, 0) is 9.53 Å². The lowest BCUT2D eigenvalue weighted by Gasteiger charge is -2.64. The number of fused-ring (bicyclic) bond motifs is 1. The van der Waals surface area contributed by atoms with Gasteiger partial charge in [-0.05, 0) is 43.4 Å². The molecule has 2 fully saturated rings. The van der Waals surface area contributed by atoms with Crippen LogP contribution in [0.2, 0.25) is 0 Å². The molecule has 0 unspecified atom stereocenters. The van der Waals surface area contributed by atoms with Gasteiger partial charge in [-0.2, -0.15) is 0 Å². The van der Waals surface area contributed by atoms with E-state index in [2.05, 4.69) is 0 Å². The highest BCUT2D eigenvalue weighted by Gasteiger charge is 2.64. The molecule has 1 heterocycles. The molecule has 0 spiro atoms. The summed E-state index contributed by atoms with van der Waals surface area (Å²) in [6.07, 6.45) is 3.23. The van der Waals surface area contributed by atoms with Gasteiger partial charge in [0, 0.05) is 29.6 Å². The van der Waals surface area contributed by atoms with E-state index in [1.54, 1.807) is 0 Å². The summed E-state index contributed by atoms with van der Waals surface area (Å²) in [5, 5.41) is 42.5. The van der Waals surface area contributed by atoms with Gasteiger partial charge in [-0.15, -0.1) is 0 Å². The monoisotopic (exact) mass is 368 g/mol. The van der Waals surface area contributed by atoms with Gasteiger partial charge in [0.2, 0.25) is 6.29 Å². The van der Waals surface area contributed by atoms with Crippen LogP contribution in [0.25, 0.3) is 0 Å². The van der Waals surface area contributed by atoms with E-state index in [4.69, 9.17) is 4.74 Å². The lowest BCUT2D eigenvalue weighted by atomic mass is 9.43. The van der Waals surface area contributed by atoms with Crippen molar-refractivity contribution in [3.05, 3.63) is 11.6 Å². The van der Waals surface area contributed by atoms with Crippen LogP contribution in [0.4, 0.5) is 0 Å².